The summed E-state index contributed by atoms with van der Waals surface area (Å²) in [6, 6.07) is 15.9. The number of nitrogens with one attached hydrogen (secondary N) is 1. The fourth-order valence-electron chi connectivity index (χ4n) is 2.45. The number of aryl methyl sites for hydroxylation is 2. The summed E-state index contributed by atoms with van der Waals surface area (Å²) in [5.41, 5.74) is 4.08. The molecule has 3 rings (SSSR count). The van der Waals surface area contributed by atoms with E-state index < -0.39 is 0 Å². The van der Waals surface area contributed by atoms with Gasteiger partial charge in [-0.05, 0) is 37.1 Å². The molecule has 2 aromatic carbocycles. The lowest BCUT2D eigenvalue weighted by atomic mass is 10.1. The summed E-state index contributed by atoms with van der Waals surface area (Å²) >= 11 is 0. The van der Waals surface area contributed by atoms with Crippen LogP contribution in [0, 0.1) is 13.8 Å². The van der Waals surface area contributed by atoms with E-state index in [1.165, 1.54) is 10.2 Å². The van der Waals surface area contributed by atoms with Gasteiger partial charge in [0.05, 0.1) is 6.20 Å². The first kappa shape index (κ1) is 17.7. The molecule has 0 aliphatic heterocycles. The minimum absolute atomic E-state index is 0.110. The van der Waals surface area contributed by atoms with Gasteiger partial charge in [0.15, 0.2) is 0 Å². The van der Waals surface area contributed by atoms with E-state index in [1.54, 1.807) is 6.20 Å². The third kappa shape index (κ3) is 5.17. The molecule has 0 unspecified atom stereocenters. The van der Waals surface area contributed by atoms with E-state index in [0.29, 0.717) is 18.8 Å². The fourth-order valence-corrected chi connectivity index (χ4v) is 2.45. The molecule has 1 heterocycles. The third-order valence-electron chi connectivity index (χ3n) is 3.88. The number of ether oxygens (including phenoxy) is 1. The van der Waals surface area contributed by atoms with Crippen molar-refractivity contribution in [3.8, 4) is 5.75 Å². The second-order valence-electron chi connectivity index (χ2n) is 6.27. The van der Waals surface area contributed by atoms with E-state index in [0.717, 1.165) is 16.9 Å². The number of carbonyl (C=O) groups excluding carboxylic acids is 1. The maximum Gasteiger partial charge on any atom is 0.242 e. The van der Waals surface area contributed by atoms with Crippen LogP contribution < -0.4 is 10.1 Å². The van der Waals surface area contributed by atoms with Crippen LogP contribution >= 0.6 is 0 Å². The van der Waals surface area contributed by atoms with Crippen molar-refractivity contribution in [2.24, 2.45) is 0 Å². The highest BCUT2D eigenvalue weighted by Gasteiger charge is 2.07. The number of aromatic nitrogens is 3. The van der Waals surface area contributed by atoms with Gasteiger partial charge in [-0.1, -0.05) is 47.2 Å². The van der Waals surface area contributed by atoms with Crippen molar-refractivity contribution in [2.45, 2.75) is 33.5 Å². The molecule has 0 radical (unpaired) electrons. The van der Waals surface area contributed by atoms with Gasteiger partial charge in [-0.2, -0.15) is 0 Å². The molecule has 3 aromatic rings. The Kier molecular flexibility index (Phi) is 5.63. The molecular formula is C20H22N4O2. The Balaban J connectivity index is 1.46. The molecule has 0 atom stereocenters. The molecule has 1 N–H and O–H groups in total. The molecule has 26 heavy (non-hydrogen) atoms. The lowest BCUT2D eigenvalue weighted by molar-refractivity contribution is -0.122. The number of benzene rings is 2. The second kappa shape index (κ2) is 8.29. The van der Waals surface area contributed by atoms with Gasteiger partial charge >= 0.3 is 0 Å². The van der Waals surface area contributed by atoms with Gasteiger partial charge in [0.1, 0.15) is 24.6 Å². The van der Waals surface area contributed by atoms with Crippen molar-refractivity contribution in [1.82, 2.24) is 20.3 Å². The zero-order chi connectivity index (χ0) is 18.4. The number of carbonyl (C=O) groups is 1. The van der Waals surface area contributed by atoms with Gasteiger partial charge in [0.25, 0.3) is 0 Å². The summed E-state index contributed by atoms with van der Waals surface area (Å²) in [5.74, 6) is 0.678. The first-order valence-corrected chi connectivity index (χ1v) is 8.49. The zero-order valence-electron chi connectivity index (χ0n) is 15.0. The number of hydrogen-bond donors (Lipinski definition) is 1. The van der Waals surface area contributed by atoms with Crippen molar-refractivity contribution >= 4 is 5.91 Å². The fraction of sp³-hybridized carbons (Fsp3) is 0.250. The SMILES string of the molecule is Cc1ccc(CNC(=O)Cn2cc(COc3cccc(C)c3)nn2)cc1. The number of amides is 1. The molecule has 1 amide bonds. The van der Waals surface area contributed by atoms with Crippen LogP contribution in [0.3, 0.4) is 0 Å². The average Bonchev–Trinajstić information content (AvgIpc) is 3.07. The monoisotopic (exact) mass is 350 g/mol. The predicted octanol–water partition coefficient (Wildman–Crippen LogP) is 2.79. The van der Waals surface area contributed by atoms with Gasteiger partial charge < -0.3 is 10.1 Å². The topological polar surface area (TPSA) is 69.0 Å². The summed E-state index contributed by atoms with van der Waals surface area (Å²) in [4.78, 5) is 12.0. The van der Waals surface area contributed by atoms with Crippen LogP contribution in [-0.2, 0) is 24.5 Å². The van der Waals surface area contributed by atoms with Gasteiger partial charge in [-0.15, -0.1) is 5.10 Å². The van der Waals surface area contributed by atoms with Crippen molar-refractivity contribution < 1.29 is 9.53 Å². The van der Waals surface area contributed by atoms with Gasteiger partial charge in [0.2, 0.25) is 5.91 Å². The highest BCUT2D eigenvalue weighted by Crippen LogP contribution is 2.13. The smallest absolute Gasteiger partial charge is 0.242 e. The second-order valence-corrected chi connectivity index (χ2v) is 6.27. The average molecular weight is 350 g/mol. The number of nitrogens with zero attached hydrogens (tertiary/aromatic N) is 3. The van der Waals surface area contributed by atoms with E-state index >= 15 is 0 Å². The lowest BCUT2D eigenvalue weighted by Gasteiger charge is -2.05. The summed E-state index contributed by atoms with van der Waals surface area (Å²) in [5, 5.41) is 10.9. The Morgan fingerprint density at radius 2 is 1.92 bits per heavy atom. The molecule has 0 fully saturated rings. The van der Waals surface area contributed by atoms with Crippen molar-refractivity contribution in [3.05, 3.63) is 77.1 Å². The minimum atomic E-state index is -0.110. The molecule has 6 heteroatoms. The highest BCUT2D eigenvalue weighted by molar-refractivity contribution is 5.75. The summed E-state index contributed by atoms with van der Waals surface area (Å²) in [6.45, 7) is 4.99. The molecule has 0 saturated heterocycles. The van der Waals surface area contributed by atoms with E-state index in [1.807, 2.05) is 62.4 Å². The normalized spacial score (nSPS) is 10.5. The predicted molar refractivity (Wildman–Crippen MR) is 98.6 cm³/mol. The standard InChI is InChI=1S/C20H22N4O2/c1-15-6-8-17(9-7-15)11-21-20(25)13-24-12-18(22-23-24)14-26-19-5-3-4-16(2)10-19/h3-10,12H,11,13-14H2,1-2H3,(H,21,25). The van der Waals surface area contributed by atoms with Crippen LogP contribution in [0.1, 0.15) is 22.4 Å². The van der Waals surface area contributed by atoms with E-state index in [-0.39, 0.29) is 12.5 Å². The zero-order valence-corrected chi connectivity index (χ0v) is 15.0. The molecule has 1 aromatic heterocycles. The van der Waals surface area contributed by atoms with Crippen molar-refractivity contribution in [3.63, 3.8) is 0 Å². The molecule has 6 nitrogen and oxygen atoms in total. The van der Waals surface area contributed by atoms with Crippen LogP contribution in [0.5, 0.6) is 5.75 Å². The van der Waals surface area contributed by atoms with Gasteiger partial charge in [-0.3, -0.25) is 4.79 Å². The Morgan fingerprint density at radius 3 is 2.69 bits per heavy atom. The van der Waals surface area contributed by atoms with E-state index in [2.05, 4.69) is 15.6 Å². The maximum absolute atomic E-state index is 12.0. The lowest BCUT2D eigenvalue weighted by Crippen LogP contribution is -2.27. The summed E-state index contributed by atoms with van der Waals surface area (Å²) in [6.07, 6.45) is 1.72. The molecule has 0 bridgehead atoms. The van der Waals surface area contributed by atoms with Gasteiger partial charge in [-0.25, -0.2) is 4.68 Å². The van der Waals surface area contributed by atoms with Crippen molar-refractivity contribution in [2.75, 3.05) is 0 Å². The van der Waals surface area contributed by atoms with Crippen LogP contribution in [-0.4, -0.2) is 20.9 Å². The molecule has 0 saturated carbocycles. The molecule has 134 valence electrons. The molecule has 0 aliphatic rings. The van der Waals surface area contributed by atoms with Crippen molar-refractivity contribution in [1.29, 1.82) is 0 Å². The third-order valence-corrected chi connectivity index (χ3v) is 3.88. The molecular weight excluding hydrogens is 328 g/mol. The first-order chi connectivity index (χ1) is 12.6. The number of hydrogen-bond acceptors (Lipinski definition) is 4. The Labute approximate surface area is 152 Å². The van der Waals surface area contributed by atoms with Crippen LogP contribution in [0.2, 0.25) is 0 Å². The highest BCUT2D eigenvalue weighted by atomic mass is 16.5. The minimum Gasteiger partial charge on any atom is -0.487 e. The molecule has 0 aliphatic carbocycles. The van der Waals surface area contributed by atoms with E-state index in [4.69, 9.17) is 4.74 Å². The Hall–Kier alpha value is -3.15. The van der Waals surface area contributed by atoms with E-state index in [9.17, 15) is 4.79 Å². The van der Waals surface area contributed by atoms with Gasteiger partial charge in [0, 0.05) is 6.54 Å². The number of rotatable bonds is 7. The Morgan fingerprint density at radius 1 is 1.12 bits per heavy atom. The Bertz CT molecular complexity index is 872. The quantitative estimate of drug-likeness (QED) is 0.711. The first-order valence-electron chi connectivity index (χ1n) is 8.49. The van der Waals surface area contributed by atoms with Crippen LogP contribution in [0.25, 0.3) is 0 Å². The largest absolute Gasteiger partial charge is 0.487 e. The summed E-state index contributed by atoms with van der Waals surface area (Å²) in [7, 11) is 0. The van der Waals surface area contributed by atoms with Crippen LogP contribution in [0.4, 0.5) is 0 Å². The molecule has 0 spiro atoms. The van der Waals surface area contributed by atoms with Crippen LogP contribution in [0.15, 0.2) is 54.7 Å². The maximum atomic E-state index is 12.0. The summed E-state index contributed by atoms with van der Waals surface area (Å²) < 4.78 is 7.20.